The number of hydrogen-bond acceptors (Lipinski definition) is 2. The van der Waals surface area contributed by atoms with E-state index < -0.39 is 12.0 Å². The summed E-state index contributed by atoms with van der Waals surface area (Å²) in [5.74, 6) is -0.869. The Morgan fingerprint density at radius 3 is 2.41 bits per heavy atom. The Bertz CT molecular complexity index is 438. The van der Waals surface area contributed by atoms with Crippen LogP contribution in [0, 0.1) is 0 Å². The van der Waals surface area contributed by atoms with Gasteiger partial charge in [-0.05, 0) is 17.7 Å². The van der Waals surface area contributed by atoms with Gasteiger partial charge in [-0.1, -0.05) is 24.3 Å². The van der Waals surface area contributed by atoms with E-state index in [1.807, 2.05) is 0 Å². The van der Waals surface area contributed by atoms with Crippen LogP contribution in [0.15, 0.2) is 30.3 Å². The van der Waals surface area contributed by atoms with E-state index in [4.69, 9.17) is 10.8 Å². The number of carboxylic acid groups (broad SMARTS) is 1. The number of hydrogen-bond donors (Lipinski definition) is 2. The first-order valence-electron chi connectivity index (χ1n) is 5.02. The third-order valence-electron chi connectivity index (χ3n) is 2.21. The second-order valence-corrected chi connectivity index (χ2v) is 3.49. The summed E-state index contributed by atoms with van der Waals surface area (Å²) in [5, 5.41) is 8.46. The quantitative estimate of drug-likeness (QED) is 0.831. The predicted octanol–water partition coefficient (Wildman–Crippen LogP) is 1.69. The monoisotopic (exact) mass is 234 g/mol. The number of carbonyl (C=O) groups is 2. The maximum atomic E-state index is 10.9. The van der Waals surface area contributed by atoms with Crippen LogP contribution in [0.5, 0.6) is 0 Å². The molecule has 0 atom stereocenters. The minimum Gasteiger partial charge on any atom is -0.481 e. The molecule has 5 nitrogen and oxygen atoms in total. The van der Waals surface area contributed by atoms with Crippen LogP contribution < -0.4 is 10.6 Å². The van der Waals surface area contributed by atoms with Gasteiger partial charge in [0.1, 0.15) is 0 Å². The molecule has 0 saturated heterocycles. The number of amides is 2. The first-order chi connectivity index (χ1) is 8.00. The number of carbonyl (C=O) groups excluding carboxylic acids is 1. The lowest BCUT2D eigenvalue weighted by Gasteiger charge is -2.13. The number of nitrogens with zero attached hydrogens (tertiary/aromatic N) is 1. The number of urea groups is 1. The van der Waals surface area contributed by atoms with E-state index >= 15 is 0 Å². The maximum absolute atomic E-state index is 10.9. The first kappa shape index (κ1) is 12.8. The molecular formula is C12H14N2O3. The van der Waals surface area contributed by atoms with Gasteiger partial charge in [-0.15, -0.1) is 0 Å². The molecule has 0 fully saturated rings. The van der Waals surface area contributed by atoms with Crippen molar-refractivity contribution in [2.24, 2.45) is 5.73 Å². The predicted molar refractivity (Wildman–Crippen MR) is 65.7 cm³/mol. The molecule has 0 aromatic heterocycles. The van der Waals surface area contributed by atoms with Crippen molar-refractivity contribution in [3.63, 3.8) is 0 Å². The SMILES string of the molecule is CN(C(N)=O)c1ccc(/C=C/CC(=O)O)cc1. The zero-order chi connectivity index (χ0) is 12.8. The Morgan fingerprint density at radius 2 is 1.94 bits per heavy atom. The Balaban J connectivity index is 2.71. The van der Waals surface area contributed by atoms with Gasteiger partial charge in [0.15, 0.2) is 0 Å². The third kappa shape index (κ3) is 3.98. The maximum Gasteiger partial charge on any atom is 0.318 e. The van der Waals surface area contributed by atoms with Crippen LogP contribution in [-0.4, -0.2) is 24.2 Å². The van der Waals surface area contributed by atoms with E-state index in [-0.39, 0.29) is 6.42 Å². The van der Waals surface area contributed by atoms with Crippen LogP contribution in [0.3, 0.4) is 0 Å². The van der Waals surface area contributed by atoms with Gasteiger partial charge >= 0.3 is 12.0 Å². The number of aliphatic carboxylic acids is 1. The summed E-state index contributed by atoms with van der Waals surface area (Å²) in [6.45, 7) is 0. The smallest absolute Gasteiger partial charge is 0.318 e. The number of anilines is 1. The minimum absolute atomic E-state index is 0.0110. The normalized spacial score (nSPS) is 10.4. The van der Waals surface area contributed by atoms with E-state index in [9.17, 15) is 9.59 Å². The largest absolute Gasteiger partial charge is 0.481 e. The number of nitrogens with two attached hydrogens (primary N) is 1. The average molecular weight is 234 g/mol. The fraction of sp³-hybridized carbons (Fsp3) is 0.167. The Morgan fingerprint density at radius 1 is 1.35 bits per heavy atom. The van der Waals surface area contributed by atoms with E-state index in [0.717, 1.165) is 5.56 Å². The van der Waals surface area contributed by atoms with Gasteiger partial charge in [0.05, 0.1) is 6.42 Å². The highest BCUT2D eigenvalue weighted by atomic mass is 16.4. The van der Waals surface area contributed by atoms with Gasteiger partial charge in [-0.25, -0.2) is 4.79 Å². The summed E-state index contributed by atoms with van der Waals surface area (Å²) in [6, 6.07) is 6.52. The number of rotatable bonds is 4. The van der Waals surface area contributed by atoms with Gasteiger partial charge in [0.2, 0.25) is 0 Å². The summed E-state index contributed by atoms with van der Waals surface area (Å²) < 4.78 is 0. The van der Waals surface area contributed by atoms with Crippen LogP contribution in [0.4, 0.5) is 10.5 Å². The zero-order valence-corrected chi connectivity index (χ0v) is 9.46. The van der Waals surface area contributed by atoms with Gasteiger partial charge in [0.25, 0.3) is 0 Å². The lowest BCUT2D eigenvalue weighted by Crippen LogP contribution is -2.31. The van der Waals surface area contributed by atoms with E-state index in [1.165, 1.54) is 4.90 Å². The van der Waals surface area contributed by atoms with E-state index in [1.54, 1.807) is 43.5 Å². The third-order valence-corrected chi connectivity index (χ3v) is 2.21. The molecule has 0 aliphatic heterocycles. The van der Waals surface area contributed by atoms with Crippen molar-refractivity contribution in [3.8, 4) is 0 Å². The average Bonchev–Trinajstić information content (AvgIpc) is 2.28. The van der Waals surface area contributed by atoms with Crippen molar-refractivity contribution in [2.75, 3.05) is 11.9 Å². The second kappa shape index (κ2) is 5.69. The van der Waals surface area contributed by atoms with Crippen LogP contribution in [-0.2, 0) is 4.79 Å². The molecule has 3 N–H and O–H groups in total. The van der Waals surface area contributed by atoms with Crippen LogP contribution >= 0.6 is 0 Å². The molecule has 2 amide bonds. The molecule has 17 heavy (non-hydrogen) atoms. The zero-order valence-electron chi connectivity index (χ0n) is 9.46. The number of benzene rings is 1. The fourth-order valence-corrected chi connectivity index (χ4v) is 1.23. The Hall–Kier alpha value is -2.30. The van der Waals surface area contributed by atoms with Crippen molar-refractivity contribution in [1.29, 1.82) is 0 Å². The van der Waals surface area contributed by atoms with Crippen molar-refractivity contribution in [3.05, 3.63) is 35.9 Å². The number of carboxylic acids is 1. The van der Waals surface area contributed by atoms with Gasteiger partial charge in [-0.3, -0.25) is 9.69 Å². The minimum atomic E-state index is -0.869. The first-order valence-corrected chi connectivity index (χ1v) is 5.02. The van der Waals surface area contributed by atoms with Gasteiger partial charge in [-0.2, -0.15) is 0 Å². The summed E-state index contributed by atoms with van der Waals surface area (Å²) in [6.07, 6.45) is 3.26. The molecule has 0 bridgehead atoms. The molecule has 5 heteroatoms. The summed E-state index contributed by atoms with van der Waals surface area (Å²) in [7, 11) is 1.58. The summed E-state index contributed by atoms with van der Waals surface area (Å²) in [5.41, 5.74) is 6.68. The lowest BCUT2D eigenvalue weighted by molar-refractivity contribution is -0.135. The highest BCUT2D eigenvalue weighted by Gasteiger charge is 2.04. The Kier molecular flexibility index (Phi) is 4.28. The Labute approximate surface area is 99.1 Å². The summed E-state index contributed by atoms with van der Waals surface area (Å²) >= 11 is 0. The van der Waals surface area contributed by atoms with Crippen molar-refractivity contribution in [2.45, 2.75) is 6.42 Å². The molecule has 0 aliphatic rings. The van der Waals surface area contributed by atoms with Crippen molar-refractivity contribution >= 4 is 23.8 Å². The lowest BCUT2D eigenvalue weighted by atomic mass is 10.2. The topological polar surface area (TPSA) is 83.6 Å². The van der Waals surface area contributed by atoms with E-state index in [0.29, 0.717) is 5.69 Å². The molecule has 1 aromatic rings. The van der Waals surface area contributed by atoms with Crippen LogP contribution in [0.2, 0.25) is 0 Å². The standard InChI is InChI=1S/C12H14N2O3/c1-14(12(13)17)10-7-5-9(6-8-10)3-2-4-11(15)16/h2-3,5-8H,4H2,1H3,(H2,13,17)(H,15,16)/b3-2+. The highest BCUT2D eigenvalue weighted by molar-refractivity contribution is 5.90. The second-order valence-electron chi connectivity index (χ2n) is 3.49. The van der Waals surface area contributed by atoms with Crippen LogP contribution in [0.1, 0.15) is 12.0 Å². The molecule has 0 radical (unpaired) electrons. The molecule has 0 saturated carbocycles. The summed E-state index contributed by atoms with van der Waals surface area (Å²) in [4.78, 5) is 22.5. The molecule has 1 aromatic carbocycles. The molecule has 0 spiro atoms. The van der Waals surface area contributed by atoms with Gasteiger partial charge in [0, 0.05) is 12.7 Å². The van der Waals surface area contributed by atoms with Crippen LogP contribution in [0.25, 0.3) is 6.08 Å². The van der Waals surface area contributed by atoms with Crippen molar-refractivity contribution in [1.82, 2.24) is 0 Å². The van der Waals surface area contributed by atoms with Crippen molar-refractivity contribution < 1.29 is 14.7 Å². The molecule has 0 heterocycles. The molecule has 90 valence electrons. The van der Waals surface area contributed by atoms with E-state index in [2.05, 4.69) is 0 Å². The highest BCUT2D eigenvalue weighted by Crippen LogP contribution is 2.14. The molecule has 1 rings (SSSR count). The number of primary amides is 1. The molecular weight excluding hydrogens is 220 g/mol. The molecule has 0 aliphatic carbocycles. The fourth-order valence-electron chi connectivity index (χ4n) is 1.23. The van der Waals surface area contributed by atoms with Gasteiger partial charge < -0.3 is 10.8 Å². The molecule has 0 unspecified atom stereocenters.